The van der Waals surface area contributed by atoms with Gasteiger partial charge in [-0.3, -0.25) is 4.79 Å². The van der Waals surface area contributed by atoms with Gasteiger partial charge in [0.25, 0.3) is 5.91 Å². The molecule has 2 aromatic carbocycles. The molecule has 6 nitrogen and oxygen atoms in total. The number of imidazole rings is 1. The molecule has 1 aliphatic heterocycles. The number of rotatable bonds is 4. The summed E-state index contributed by atoms with van der Waals surface area (Å²) in [4.78, 5) is 17.1. The molecule has 0 fully saturated rings. The van der Waals surface area contributed by atoms with E-state index >= 15 is 0 Å². The number of hydrogen-bond donors (Lipinski definition) is 1. The van der Waals surface area contributed by atoms with Crippen LogP contribution in [0.4, 0.5) is 0 Å². The van der Waals surface area contributed by atoms with Gasteiger partial charge in [-0.1, -0.05) is 18.2 Å². The molecular formula is C19H19N3O3. The van der Waals surface area contributed by atoms with Gasteiger partial charge in [-0.25, -0.2) is 4.98 Å². The zero-order chi connectivity index (χ0) is 17.2. The first-order chi connectivity index (χ1) is 12.3. The number of ether oxygens (including phenoxy) is 2. The van der Waals surface area contributed by atoms with E-state index in [0.717, 1.165) is 34.7 Å². The first-order valence-electron chi connectivity index (χ1n) is 8.23. The highest BCUT2D eigenvalue weighted by Crippen LogP contribution is 2.21. The van der Waals surface area contributed by atoms with E-state index in [1.165, 1.54) is 0 Å². The van der Waals surface area contributed by atoms with Gasteiger partial charge in [-0.2, -0.15) is 0 Å². The molecule has 0 spiro atoms. The van der Waals surface area contributed by atoms with Gasteiger partial charge in [0.1, 0.15) is 18.2 Å². The van der Waals surface area contributed by atoms with E-state index in [2.05, 4.69) is 14.9 Å². The van der Waals surface area contributed by atoms with Gasteiger partial charge in [0.05, 0.1) is 24.8 Å². The second-order valence-electron chi connectivity index (χ2n) is 5.93. The second kappa shape index (κ2) is 6.57. The van der Waals surface area contributed by atoms with Gasteiger partial charge < -0.3 is 19.4 Å². The van der Waals surface area contributed by atoms with E-state index in [9.17, 15) is 4.79 Å². The zero-order valence-electron chi connectivity index (χ0n) is 14.0. The van der Waals surface area contributed by atoms with E-state index in [4.69, 9.17) is 9.47 Å². The van der Waals surface area contributed by atoms with Crippen molar-refractivity contribution in [3.63, 3.8) is 0 Å². The Balaban J connectivity index is 1.54. The number of amides is 1. The van der Waals surface area contributed by atoms with Gasteiger partial charge >= 0.3 is 0 Å². The molecule has 2 heterocycles. The fourth-order valence-electron chi connectivity index (χ4n) is 3.13. The minimum Gasteiger partial charge on any atom is -0.496 e. The Morgan fingerprint density at radius 2 is 2.20 bits per heavy atom. The molecule has 0 unspecified atom stereocenters. The standard InChI is InChI=1S/C19H19N3O3/c1-24-17-5-3-2-4-14(17)11-20-19(23)13-6-7-16-15(10-13)21-18-12-25-9-8-22(16)18/h2-7,10H,8-9,11-12H2,1H3,(H,20,23). The fraction of sp³-hybridized carbons (Fsp3) is 0.263. The lowest BCUT2D eigenvalue weighted by atomic mass is 10.1. The largest absolute Gasteiger partial charge is 0.496 e. The summed E-state index contributed by atoms with van der Waals surface area (Å²) in [7, 11) is 1.62. The van der Waals surface area contributed by atoms with Crippen LogP contribution in [-0.2, 0) is 24.4 Å². The molecule has 0 saturated carbocycles. The molecule has 1 aliphatic rings. The lowest BCUT2D eigenvalue weighted by Crippen LogP contribution is -2.23. The normalized spacial score (nSPS) is 13.5. The minimum absolute atomic E-state index is 0.130. The van der Waals surface area contributed by atoms with Crippen LogP contribution in [-0.4, -0.2) is 29.2 Å². The molecular weight excluding hydrogens is 318 g/mol. The Kier molecular flexibility index (Phi) is 4.11. The number of hydrogen-bond acceptors (Lipinski definition) is 4. The molecule has 0 radical (unpaired) electrons. The Hall–Kier alpha value is -2.86. The summed E-state index contributed by atoms with van der Waals surface area (Å²) in [5.74, 6) is 1.54. The number of benzene rings is 2. The zero-order valence-corrected chi connectivity index (χ0v) is 14.0. The molecule has 1 amide bonds. The van der Waals surface area contributed by atoms with Crippen LogP contribution in [0.2, 0.25) is 0 Å². The maximum absolute atomic E-state index is 12.5. The average molecular weight is 337 g/mol. The molecule has 0 bridgehead atoms. The number of methoxy groups -OCH3 is 1. The van der Waals surface area contributed by atoms with Crippen molar-refractivity contribution in [2.24, 2.45) is 0 Å². The van der Waals surface area contributed by atoms with Crippen LogP contribution in [0.15, 0.2) is 42.5 Å². The van der Waals surface area contributed by atoms with Crippen LogP contribution in [0.1, 0.15) is 21.7 Å². The first-order valence-corrected chi connectivity index (χ1v) is 8.23. The maximum Gasteiger partial charge on any atom is 0.251 e. The summed E-state index contributed by atoms with van der Waals surface area (Å²) < 4.78 is 12.9. The lowest BCUT2D eigenvalue weighted by molar-refractivity contribution is 0.0830. The molecule has 25 heavy (non-hydrogen) atoms. The molecule has 6 heteroatoms. The highest BCUT2D eigenvalue weighted by Gasteiger charge is 2.16. The molecule has 1 N–H and O–H groups in total. The van der Waals surface area contributed by atoms with Gasteiger partial charge in [0.15, 0.2) is 0 Å². The van der Waals surface area contributed by atoms with Gasteiger partial charge in [-0.15, -0.1) is 0 Å². The summed E-state index contributed by atoms with van der Waals surface area (Å²) in [6.45, 7) is 2.42. The second-order valence-corrected chi connectivity index (χ2v) is 5.93. The van der Waals surface area contributed by atoms with E-state index < -0.39 is 0 Å². The molecule has 0 saturated heterocycles. The van der Waals surface area contributed by atoms with Crippen LogP contribution < -0.4 is 10.1 Å². The molecule has 1 aromatic heterocycles. The SMILES string of the molecule is COc1ccccc1CNC(=O)c1ccc2c(c1)nc1n2CCOC1. The third kappa shape index (κ3) is 2.96. The quantitative estimate of drug-likeness (QED) is 0.794. The lowest BCUT2D eigenvalue weighted by Gasteiger charge is -2.14. The number of nitrogens with one attached hydrogen (secondary N) is 1. The number of nitrogens with zero attached hydrogens (tertiary/aromatic N) is 2. The Labute approximate surface area is 145 Å². The molecule has 4 rings (SSSR count). The number of carbonyl (C=O) groups excluding carboxylic acids is 1. The van der Waals surface area contributed by atoms with Crippen molar-refractivity contribution in [3.8, 4) is 5.75 Å². The summed E-state index contributed by atoms with van der Waals surface area (Å²) in [5.41, 5.74) is 3.40. The maximum atomic E-state index is 12.5. The Morgan fingerprint density at radius 1 is 1.32 bits per heavy atom. The predicted molar refractivity (Wildman–Crippen MR) is 93.6 cm³/mol. The van der Waals surface area contributed by atoms with Crippen molar-refractivity contribution in [1.82, 2.24) is 14.9 Å². The molecule has 128 valence electrons. The van der Waals surface area contributed by atoms with Crippen LogP contribution in [0, 0.1) is 0 Å². The highest BCUT2D eigenvalue weighted by molar-refractivity contribution is 5.97. The summed E-state index contributed by atoms with van der Waals surface area (Å²) >= 11 is 0. The Morgan fingerprint density at radius 3 is 3.08 bits per heavy atom. The first kappa shape index (κ1) is 15.7. The molecule has 0 atom stereocenters. The summed E-state index contributed by atoms with van der Waals surface area (Å²) in [6.07, 6.45) is 0. The van der Waals surface area contributed by atoms with Crippen molar-refractivity contribution in [3.05, 3.63) is 59.4 Å². The topological polar surface area (TPSA) is 65.4 Å². The third-order valence-electron chi connectivity index (χ3n) is 4.41. The van der Waals surface area contributed by atoms with Crippen molar-refractivity contribution < 1.29 is 14.3 Å². The van der Waals surface area contributed by atoms with Gasteiger partial charge in [0.2, 0.25) is 0 Å². The molecule has 0 aliphatic carbocycles. The van der Waals surface area contributed by atoms with Crippen LogP contribution >= 0.6 is 0 Å². The van der Waals surface area contributed by atoms with Gasteiger partial charge in [-0.05, 0) is 24.3 Å². The number of aromatic nitrogens is 2. The predicted octanol–water partition coefficient (Wildman–Crippen LogP) is 2.51. The third-order valence-corrected chi connectivity index (χ3v) is 4.41. The van der Waals surface area contributed by atoms with Crippen LogP contribution in [0.3, 0.4) is 0 Å². The fourth-order valence-corrected chi connectivity index (χ4v) is 3.13. The van der Waals surface area contributed by atoms with Crippen LogP contribution in [0.5, 0.6) is 5.75 Å². The summed E-state index contributed by atoms with van der Waals surface area (Å²) in [5, 5.41) is 2.94. The van der Waals surface area contributed by atoms with E-state index in [0.29, 0.717) is 25.3 Å². The van der Waals surface area contributed by atoms with Gasteiger partial charge in [0, 0.05) is 24.2 Å². The minimum atomic E-state index is -0.130. The highest BCUT2D eigenvalue weighted by atomic mass is 16.5. The smallest absolute Gasteiger partial charge is 0.251 e. The van der Waals surface area contributed by atoms with E-state index in [1.54, 1.807) is 7.11 Å². The van der Waals surface area contributed by atoms with Crippen molar-refractivity contribution in [2.45, 2.75) is 19.7 Å². The van der Waals surface area contributed by atoms with Crippen molar-refractivity contribution in [2.75, 3.05) is 13.7 Å². The van der Waals surface area contributed by atoms with Crippen LogP contribution in [0.25, 0.3) is 11.0 Å². The summed E-state index contributed by atoms with van der Waals surface area (Å²) in [6, 6.07) is 13.3. The molecule has 3 aromatic rings. The van der Waals surface area contributed by atoms with E-state index in [1.807, 2.05) is 42.5 Å². The monoisotopic (exact) mass is 337 g/mol. The number of fused-ring (bicyclic) bond motifs is 3. The average Bonchev–Trinajstić information content (AvgIpc) is 3.04. The van der Waals surface area contributed by atoms with E-state index in [-0.39, 0.29) is 5.91 Å². The number of para-hydroxylation sites is 1. The van der Waals surface area contributed by atoms with Crippen molar-refractivity contribution >= 4 is 16.9 Å². The number of carbonyl (C=O) groups is 1. The Bertz CT molecular complexity index is 933. The van der Waals surface area contributed by atoms with Crippen molar-refractivity contribution in [1.29, 1.82) is 0 Å².